The van der Waals surface area contributed by atoms with E-state index in [4.69, 9.17) is 5.26 Å². The number of thiophene rings is 1. The van der Waals surface area contributed by atoms with Crippen LogP contribution >= 0.6 is 11.3 Å². The molecule has 0 bridgehead atoms. The molecule has 0 saturated heterocycles. The summed E-state index contributed by atoms with van der Waals surface area (Å²) in [7, 11) is 0. The predicted octanol–water partition coefficient (Wildman–Crippen LogP) is 4.57. The first-order valence-corrected chi connectivity index (χ1v) is 9.94. The number of carbonyl (C=O) groups is 1. The van der Waals surface area contributed by atoms with Crippen molar-refractivity contribution in [3.8, 4) is 6.07 Å². The standard InChI is InChI=1S/C20H26N4OS/c1-13-10-18(24(23-13)9-5-8-21)22-19(25)17-12-14-11-15(20(2,3)4)6-7-16(14)26-17/h10,12,15H,5-7,9,11H2,1-4H3,(H,22,25). The molecule has 0 saturated carbocycles. The van der Waals surface area contributed by atoms with Crippen LogP contribution in [0.5, 0.6) is 0 Å². The molecule has 0 aliphatic heterocycles. The number of hydrogen-bond donors (Lipinski definition) is 1. The fraction of sp³-hybridized carbons (Fsp3) is 0.550. The number of amides is 1. The lowest BCUT2D eigenvalue weighted by atomic mass is 9.72. The third kappa shape index (κ3) is 3.99. The van der Waals surface area contributed by atoms with Gasteiger partial charge in [-0.3, -0.25) is 4.79 Å². The highest BCUT2D eigenvalue weighted by atomic mass is 32.1. The molecule has 6 heteroatoms. The molecule has 138 valence electrons. The van der Waals surface area contributed by atoms with Gasteiger partial charge in [-0.15, -0.1) is 11.3 Å². The molecule has 1 aliphatic carbocycles. The van der Waals surface area contributed by atoms with E-state index in [1.165, 1.54) is 16.9 Å². The molecule has 2 aromatic rings. The van der Waals surface area contributed by atoms with E-state index in [-0.39, 0.29) is 5.91 Å². The number of nitrogens with zero attached hydrogens (tertiary/aromatic N) is 3. The van der Waals surface area contributed by atoms with Gasteiger partial charge in [-0.05, 0) is 49.1 Å². The normalized spacial score (nSPS) is 16.8. The fourth-order valence-corrected chi connectivity index (χ4v) is 4.63. The average molecular weight is 371 g/mol. The minimum Gasteiger partial charge on any atom is -0.306 e. The van der Waals surface area contributed by atoms with Crippen molar-refractivity contribution >= 4 is 23.1 Å². The lowest BCUT2D eigenvalue weighted by Crippen LogP contribution is -2.26. The second-order valence-corrected chi connectivity index (χ2v) is 9.26. The van der Waals surface area contributed by atoms with Crippen LogP contribution in [-0.4, -0.2) is 15.7 Å². The Morgan fingerprint density at radius 1 is 1.46 bits per heavy atom. The third-order valence-electron chi connectivity index (χ3n) is 5.11. The van der Waals surface area contributed by atoms with Crippen LogP contribution in [0, 0.1) is 29.6 Å². The minimum atomic E-state index is -0.0881. The predicted molar refractivity (Wildman–Crippen MR) is 104 cm³/mol. The summed E-state index contributed by atoms with van der Waals surface area (Å²) in [5.41, 5.74) is 2.46. The highest BCUT2D eigenvalue weighted by molar-refractivity contribution is 7.14. The van der Waals surface area contributed by atoms with E-state index >= 15 is 0 Å². The topological polar surface area (TPSA) is 70.7 Å². The zero-order valence-electron chi connectivity index (χ0n) is 15.9. The molecule has 0 spiro atoms. The Balaban J connectivity index is 1.75. The first kappa shape index (κ1) is 18.7. The Hall–Kier alpha value is -2.13. The number of aryl methyl sites for hydroxylation is 3. The molecule has 1 atom stereocenters. The number of fused-ring (bicyclic) bond motifs is 1. The summed E-state index contributed by atoms with van der Waals surface area (Å²) in [4.78, 5) is 14.8. The van der Waals surface area contributed by atoms with Crippen LogP contribution in [0.3, 0.4) is 0 Å². The summed E-state index contributed by atoms with van der Waals surface area (Å²) in [6, 6.07) is 6.03. The molecule has 2 heterocycles. The summed E-state index contributed by atoms with van der Waals surface area (Å²) < 4.78 is 1.69. The van der Waals surface area contributed by atoms with Gasteiger partial charge in [0, 0.05) is 10.9 Å². The number of aromatic nitrogens is 2. The van der Waals surface area contributed by atoms with Crippen molar-refractivity contribution in [3.63, 3.8) is 0 Å². The van der Waals surface area contributed by atoms with E-state index in [2.05, 4.69) is 43.3 Å². The minimum absolute atomic E-state index is 0.0881. The van der Waals surface area contributed by atoms with Gasteiger partial charge in [0.05, 0.1) is 29.6 Å². The van der Waals surface area contributed by atoms with E-state index in [1.54, 1.807) is 16.0 Å². The van der Waals surface area contributed by atoms with Gasteiger partial charge in [-0.1, -0.05) is 20.8 Å². The molecule has 26 heavy (non-hydrogen) atoms. The van der Waals surface area contributed by atoms with E-state index < -0.39 is 0 Å². The Morgan fingerprint density at radius 3 is 2.92 bits per heavy atom. The zero-order valence-corrected chi connectivity index (χ0v) is 16.7. The first-order valence-electron chi connectivity index (χ1n) is 9.12. The van der Waals surface area contributed by atoms with Gasteiger partial charge in [0.1, 0.15) is 5.82 Å². The zero-order chi connectivity index (χ0) is 18.9. The molecule has 2 aromatic heterocycles. The summed E-state index contributed by atoms with van der Waals surface area (Å²) in [6.07, 6.45) is 3.68. The summed E-state index contributed by atoms with van der Waals surface area (Å²) >= 11 is 1.61. The lowest BCUT2D eigenvalue weighted by molar-refractivity contribution is 0.102. The van der Waals surface area contributed by atoms with Gasteiger partial charge in [0.15, 0.2) is 0 Å². The van der Waals surface area contributed by atoms with Crippen molar-refractivity contribution in [2.75, 3.05) is 5.32 Å². The van der Waals surface area contributed by atoms with Crippen LogP contribution in [0.25, 0.3) is 0 Å². The Labute approximate surface area is 159 Å². The molecule has 1 amide bonds. The smallest absolute Gasteiger partial charge is 0.266 e. The molecule has 1 aliphatic rings. The van der Waals surface area contributed by atoms with Gasteiger partial charge in [-0.25, -0.2) is 4.68 Å². The second-order valence-electron chi connectivity index (χ2n) is 8.12. The molecular formula is C20H26N4OS. The number of hydrogen-bond acceptors (Lipinski definition) is 4. The average Bonchev–Trinajstić information content (AvgIpc) is 3.14. The van der Waals surface area contributed by atoms with Crippen LogP contribution < -0.4 is 5.32 Å². The monoisotopic (exact) mass is 370 g/mol. The molecule has 0 fully saturated rings. The van der Waals surface area contributed by atoms with Crippen molar-refractivity contribution in [3.05, 3.63) is 33.1 Å². The van der Waals surface area contributed by atoms with Crippen LogP contribution in [-0.2, 0) is 19.4 Å². The van der Waals surface area contributed by atoms with Gasteiger partial charge < -0.3 is 5.32 Å². The molecular weight excluding hydrogens is 344 g/mol. The molecule has 3 rings (SSSR count). The highest BCUT2D eigenvalue weighted by Crippen LogP contribution is 2.40. The fourth-order valence-electron chi connectivity index (χ4n) is 3.53. The Morgan fingerprint density at radius 2 is 2.23 bits per heavy atom. The Bertz CT molecular complexity index is 850. The van der Waals surface area contributed by atoms with E-state index in [9.17, 15) is 4.79 Å². The van der Waals surface area contributed by atoms with Crippen LogP contribution in [0.2, 0.25) is 0 Å². The van der Waals surface area contributed by atoms with E-state index in [0.717, 1.165) is 23.4 Å². The maximum absolute atomic E-state index is 12.7. The molecule has 1 N–H and O–H groups in total. The van der Waals surface area contributed by atoms with Crippen molar-refractivity contribution < 1.29 is 4.79 Å². The van der Waals surface area contributed by atoms with Gasteiger partial charge >= 0.3 is 0 Å². The van der Waals surface area contributed by atoms with Crippen molar-refractivity contribution in [2.45, 2.75) is 59.9 Å². The van der Waals surface area contributed by atoms with Gasteiger partial charge in [0.25, 0.3) is 5.91 Å². The molecule has 0 aromatic carbocycles. The van der Waals surface area contributed by atoms with Crippen molar-refractivity contribution in [1.82, 2.24) is 9.78 Å². The highest BCUT2D eigenvalue weighted by Gasteiger charge is 2.30. The molecule has 0 radical (unpaired) electrons. The van der Waals surface area contributed by atoms with E-state index in [1.807, 2.05) is 13.0 Å². The molecule has 5 nitrogen and oxygen atoms in total. The summed E-state index contributed by atoms with van der Waals surface area (Å²) in [6.45, 7) is 9.26. The SMILES string of the molecule is Cc1cc(NC(=O)c2cc3c(s2)CCC(C(C)(C)C)C3)n(CCC#N)n1. The van der Waals surface area contributed by atoms with Gasteiger partial charge in [0.2, 0.25) is 0 Å². The number of anilines is 1. The summed E-state index contributed by atoms with van der Waals surface area (Å²) in [5.74, 6) is 1.23. The maximum atomic E-state index is 12.7. The van der Waals surface area contributed by atoms with Crippen molar-refractivity contribution in [1.29, 1.82) is 5.26 Å². The number of rotatable bonds is 4. The molecule has 1 unspecified atom stereocenters. The van der Waals surface area contributed by atoms with E-state index in [0.29, 0.717) is 30.1 Å². The Kier molecular flexibility index (Phi) is 5.19. The summed E-state index contributed by atoms with van der Waals surface area (Å²) in [5, 5.41) is 16.1. The van der Waals surface area contributed by atoms with Crippen LogP contribution in [0.1, 0.15) is 59.4 Å². The number of carbonyl (C=O) groups excluding carboxylic acids is 1. The quantitative estimate of drug-likeness (QED) is 0.857. The second kappa shape index (κ2) is 7.24. The number of nitrogens with one attached hydrogen (secondary N) is 1. The largest absolute Gasteiger partial charge is 0.306 e. The first-order chi connectivity index (χ1) is 12.3. The maximum Gasteiger partial charge on any atom is 0.266 e. The van der Waals surface area contributed by atoms with Crippen LogP contribution in [0.15, 0.2) is 12.1 Å². The van der Waals surface area contributed by atoms with Gasteiger partial charge in [-0.2, -0.15) is 10.4 Å². The van der Waals surface area contributed by atoms with Crippen LogP contribution in [0.4, 0.5) is 5.82 Å². The third-order valence-corrected chi connectivity index (χ3v) is 6.35. The number of nitriles is 1. The van der Waals surface area contributed by atoms with Crippen molar-refractivity contribution in [2.24, 2.45) is 11.3 Å². The lowest BCUT2D eigenvalue weighted by Gasteiger charge is -2.33.